The topological polar surface area (TPSA) is 39.2 Å². The number of hydrogen-bond acceptors (Lipinski definition) is 3. The Morgan fingerprint density at radius 3 is 2.39 bits per heavy atom. The molecule has 0 unspecified atom stereocenters. The van der Waals surface area contributed by atoms with E-state index in [-0.39, 0.29) is 4.47 Å². The lowest BCUT2D eigenvalue weighted by Crippen LogP contribution is -2.15. The van der Waals surface area contributed by atoms with E-state index in [0.29, 0.717) is 6.07 Å². The van der Waals surface area contributed by atoms with Gasteiger partial charge in [-0.3, -0.25) is 0 Å². The normalized spacial score (nSPS) is 11.8. The van der Waals surface area contributed by atoms with E-state index in [9.17, 15) is 26.7 Å². The summed E-state index contributed by atoms with van der Waals surface area (Å²) in [5.41, 5.74) is -3.75. The monoisotopic (exact) mass is 333 g/mol. The lowest BCUT2D eigenvalue weighted by molar-refractivity contribution is -0.140. The molecule has 9 heteroatoms. The van der Waals surface area contributed by atoms with Crippen molar-refractivity contribution in [3.63, 3.8) is 0 Å². The van der Waals surface area contributed by atoms with Crippen molar-refractivity contribution in [1.29, 1.82) is 0 Å². The molecule has 0 saturated heterocycles. The molecule has 1 rings (SSSR count). The SMILES string of the molecule is COC(=O)c1nc(C(F)F)c(C(F)(F)F)cc1Br. The van der Waals surface area contributed by atoms with Gasteiger partial charge in [0.25, 0.3) is 6.43 Å². The molecule has 0 bridgehead atoms. The number of hydrogen-bond donors (Lipinski definition) is 0. The van der Waals surface area contributed by atoms with Crippen LogP contribution in [0, 0.1) is 0 Å². The first-order valence-corrected chi connectivity index (χ1v) is 5.12. The number of esters is 1. The fourth-order valence-electron chi connectivity index (χ4n) is 1.14. The molecule has 100 valence electrons. The summed E-state index contributed by atoms with van der Waals surface area (Å²) < 4.78 is 66.3. The van der Waals surface area contributed by atoms with Gasteiger partial charge in [-0.25, -0.2) is 18.6 Å². The summed E-state index contributed by atoms with van der Waals surface area (Å²) in [4.78, 5) is 14.1. The molecule has 18 heavy (non-hydrogen) atoms. The molecule has 0 aliphatic rings. The molecule has 3 nitrogen and oxygen atoms in total. The van der Waals surface area contributed by atoms with Gasteiger partial charge in [0.2, 0.25) is 0 Å². The summed E-state index contributed by atoms with van der Waals surface area (Å²) >= 11 is 2.66. The van der Waals surface area contributed by atoms with E-state index >= 15 is 0 Å². The van der Waals surface area contributed by atoms with Gasteiger partial charge in [-0.1, -0.05) is 0 Å². The van der Waals surface area contributed by atoms with Gasteiger partial charge >= 0.3 is 12.1 Å². The van der Waals surface area contributed by atoms with Crippen molar-refractivity contribution in [2.75, 3.05) is 7.11 Å². The first kappa shape index (κ1) is 14.8. The Morgan fingerprint density at radius 1 is 1.44 bits per heavy atom. The number of methoxy groups -OCH3 is 1. The minimum Gasteiger partial charge on any atom is -0.464 e. The maximum absolute atomic E-state index is 12.5. The van der Waals surface area contributed by atoms with E-state index in [1.54, 1.807) is 0 Å². The third-order valence-corrected chi connectivity index (χ3v) is 2.50. The highest BCUT2D eigenvalue weighted by atomic mass is 79.9. The lowest BCUT2D eigenvalue weighted by atomic mass is 10.1. The van der Waals surface area contributed by atoms with Crippen LogP contribution in [0.4, 0.5) is 22.0 Å². The quantitative estimate of drug-likeness (QED) is 0.613. The maximum Gasteiger partial charge on any atom is 0.418 e. The van der Waals surface area contributed by atoms with E-state index in [4.69, 9.17) is 0 Å². The van der Waals surface area contributed by atoms with Crippen molar-refractivity contribution < 1.29 is 31.5 Å². The molecule has 0 aliphatic heterocycles. The summed E-state index contributed by atoms with van der Waals surface area (Å²) in [5, 5.41) is 0. The highest BCUT2D eigenvalue weighted by molar-refractivity contribution is 9.10. The van der Waals surface area contributed by atoms with Crippen LogP contribution in [-0.2, 0) is 10.9 Å². The van der Waals surface area contributed by atoms with Crippen molar-refractivity contribution >= 4 is 21.9 Å². The zero-order chi connectivity index (χ0) is 14.1. The van der Waals surface area contributed by atoms with Crippen molar-refractivity contribution in [3.05, 3.63) is 27.5 Å². The summed E-state index contributed by atoms with van der Waals surface area (Å²) in [7, 11) is 0.955. The Labute approximate surface area is 106 Å². The summed E-state index contributed by atoms with van der Waals surface area (Å²) in [6, 6.07) is 0.376. The van der Waals surface area contributed by atoms with Crippen molar-refractivity contribution in [1.82, 2.24) is 4.98 Å². The minimum atomic E-state index is -4.99. The number of halogens is 6. The van der Waals surface area contributed by atoms with Crippen LogP contribution in [0.5, 0.6) is 0 Å². The third kappa shape index (κ3) is 2.95. The minimum absolute atomic E-state index is 0.369. The Hall–Kier alpha value is -1.25. The summed E-state index contributed by atoms with van der Waals surface area (Å²) in [6.45, 7) is 0. The molecular formula is C9H5BrF5NO2. The molecule has 1 aromatic rings. The van der Waals surface area contributed by atoms with Gasteiger partial charge in [-0.05, 0) is 22.0 Å². The Morgan fingerprint density at radius 2 is 2.00 bits per heavy atom. The van der Waals surface area contributed by atoms with Crippen LogP contribution in [0.3, 0.4) is 0 Å². The smallest absolute Gasteiger partial charge is 0.418 e. The number of carbonyl (C=O) groups excluding carboxylic acids is 1. The van der Waals surface area contributed by atoms with Gasteiger partial charge in [0.05, 0.1) is 17.1 Å². The van der Waals surface area contributed by atoms with E-state index in [0.717, 1.165) is 7.11 Å². The predicted molar refractivity (Wildman–Crippen MR) is 53.2 cm³/mol. The number of aromatic nitrogens is 1. The predicted octanol–water partition coefficient (Wildman–Crippen LogP) is 3.59. The third-order valence-electron chi connectivity index (χ3n) is 1.90. The first-order chi connectivity index (χ1) is 8.18. The van der Waals surface area contributed by atoms with Gasteiger partial charge in [0, 0.05) is 0 Å². The molecule has 0 atom stereocenters. The fourth-order valence-corrected chi connectivity index (χ4v) is 1.62. The van der Waals surface area contributed by atoms with Crippen LogP contribution in [0.2, 0.25) is 0 Å². The van der Waals surface area contributed by atoms with Crippen LogP contribution < -0.4 is 0 Å². The molecule has 1 heterocycles. The average Bonchev–Trinajstić information content (AvgIpc) is 2.26. The highest BCUT2D eigenvalue weighted by Crippen LogP contribution is 2.37. The molecule has 1 aromatic heterocycles. The van der Waals surface area contributed by atoms with Gasteiger partial charge in [0.15, 0.2) is 5.69 Å². The molecule has 0 radical (unpaired) electrons. The van der Waals surface area contributed by atoms with Crippen molar-refractivity contribution in [3.8, 4) is 0 Å². The largest absolute Gasteiger partial charge is 0.464 e. The zero-order valence-corrected chi connectivity index (χ0v) is 10.3. The Balaban J connectivity index is 3.49. The second kappa shape index (κ2) is 5.17. The van der Waals surface area contributed by atoms with E-state index in [2.05, 4.69) is 25.7 Å². The molecule has 0 aliphatic carbocycles. The summed E-state index contributed by atoms with van der Waals surface area (Å²) in [6.07, 6.45) is -8.45. The van der Waals surface area contributed by atoms with Crippen LogP contribution in [0.25, 0.3) is 0 Å². The molecule has 0 aromatic carbocycles. The van der Waals surface area contributed by atoms with Crippen LogP contribution in [-0.4, -0.2) is 18.1 Å². The number of carbonyl (C=O) groups is 1. The van der Waals surface area contributed by atoms with Gasteiger partial charge < -0.3 is 4.74 Å². The Bertz CT molecular complexity index is 475. The number of pyridine rings is 1. The maximum atomic E-state index is 12.5. The summed E-state index contributed by atoms with van der Waals surface area (Å²) in [5.74, 6) is -1.11. The number of alkyl halides is 5. The van der Waals surface area contributed by atoms with E-state index in [1.165, 1.54) is 0 Å². The van der Waals surface area contributed by atoms with Crippen molar-refractivity contribution in [2.45, 2.75) is 12.6 Å². The molecule has 0 N–H and O–H groups in total. The average molecular weight is 334 g/mol. The van der Waals surface area contributed by atoms with Crippen LogP contribution >= 0.6 is 15.9 Å². The second-order valence-electron chi connectivity index (χ2n) is 3.04. The standard InChI is InChI=1S/C9H5BrF5NO2/c1-18-8(17)6-4(10)2-3(9(13,14)15)5(16-6)7(11)12/h2,7H,1H3. The lowest BCUT2D eigenvalue weighted by Gasteiger charge is -2.13. The number of rotatable bonds is 2. The number of ether oxygens (including phenoxy) is 1. The van der Waals surface area contributed by atoms with Crippen molar-refractivity contribution in [2.24, 2.45) is 0 Å². The number of nitrogens with zero attached hydrogens (tertiary/aromatic N) is 1. The highest BCUT2D eigenvalue weighted by Gasteiger charge is 2.38. The second-order valence-corrected chi connectivity index (χ2v) is 3.90. The molecule has 0 spiro atoms. The first-order valence-electron chi connectivity index (χ1n) is 4.32. The van der Waals surface area contributed by atoms with E-state index < -0.39 is 35.5 Å². The van der Waals surface area contributed by atoms with Gasteiger partial charge in [0.1, 0.15) is 5.69 Å². The van der Waals surface area contributed by atoms with Gasteiger partial charge in [-0.15, -0.1) is 0 Å². The van der Waals surface area contributed by atoms with Crippen LogP contribution in [0.1, 0.15) is 28.2 Å². The van der Waals surface area contributed by atoms with Crippen LogP contribution in [0.15, 0.2) is 10.5 Å². The molecule has 0 fully saturated rings. The zero-order valence-electron chi connectivity index (χ0n) is 8.69. The molecular weight excluding hydrogens is 329 g/mol. The fraction of sp³-hybridized carbons (Fsp3) is 0.333. The Kier molecular flexibility index (Phi) is 4.25. The van der Waals surface area contributed by atoms with E-state index in [1.807, 2.05) is 0 Å². The van der Waals surface area contributed by atoms with Gasteiger partial charge in [-0.2, -0.15) is 13.2 Å². The molecule has 0 amide bonds. The molecule has 0 saturated carbocycles.